The predicted octanol–water partition coefficient (Wildman–Crippen LogP) is 2.65. The van der Waals surface area contributed by atoms with Crippen LogP contribution >= 0.6 is 0 Å². The first-order chi connectivity index (χ1) is 18.0. The number of aromatic amines is 2. The zero-order chi connectivity index (χ0) is 25.6. The molecule has 1 saturated carbocycles. The summed E-state index contributed by atoms with van der Waals surface area (Å²) in [5.41, 5.74) is 3.00. The Hall–Kier alpha value is -3.76. The maximum Gasteiger partial charge on any atom is 0.272 e. The zero-order valence-electron chi connectivity index (χ0n) is 20.7. The second-order valence-corrected chi connectivity index (χ2v) is 10.5. The Kier molecular flexibility index (Phi) is 5.92. The second kappa shape index (κ2) is 9.28. The van der Waals surface area contributed by atoms with E-state index in [0.29, 0.717) is 43.2 Å². The highest BCUT2D eigenvalue weighted by Gasteiger charge is 2.54. The minimum absolute atomic E-state index is 0.0855. The van der Waals surface area contributed by atoms with Crippen molar-refractivity contribution in [3.63, 3.8) is 0 Å². The summed E-state index contributed by atoms with van der Waals surface area (Å²) >= 11 is 0. The van der Waals surface area contributed by atoms with Gasteiger partial charge in [0.25, 0.3) is 5.91 Å². The third-order valence-corrected chi connectivity index (χ3v) is 8.15. The molecule has 1 aliphatic heterocycles. The lowest BCUT2D eigenvalue weighted by Gasteiger charge is -2.39. The minimum atomic E-state index is -0.546. The Balaban J connectivity index is 1.08. The van der Waals surface area contributed by atoms with Crippen LogP contribution in [-0.2, 0) is 17.6 Å². The van der Waals surface area contributed by atoms with Crippen molar-refractivity contribution in [2.45, 2.75) is 50.5 Å². The number of carbonyl (C=O) groups is 2. The lowest BCUT2D eigenvalue weighted by Crippen LogP contribution is -2.51. The molecule has 2 atom stereocenters. The van der Waals surface area contributed by atoms with Gasteiger partial charge in [0.05, 0.1) is 25.2 Å². The molecule has 4 heterocycles. The molecule has 1 spiro atoms. The van der Waals surface area contributed by atoms with Crippen molar-refractivity contribution in [1.29, 1.82) is 0 Å². The average Bonchev–Trinajstić information content (AvgIpc) is 3.31. The normalized spacial score (nSPS) is 21.9. The molecular weight excluding hydrogens is 477 g/mol. The van der Waals surface area contributed by atoms with Crippen molar-refractivity contribution in [1.82, 2.24) is 35.6 Å². The fourth-order valence-corrected chi connectivity index (χ4v) is 5.85. The van der Waals surface area contributed by atoms with E-state index in [4.69, 9.17) is 4.74 Å². The van der Waals surface area contributed by atoms with E-state index >= 15 is 0 Å². The van der Waals surface area contributed by atoms with Gasteiger partial charge in [0, 0.05) is 41.9 Å². The molecule has 194 valence electrons. The van der Waals surface area contributed by atoms with Gasteiger partial charge in [-0.3, -0.25) is 19.8 Å². The highest BCUT2D eigenvalue weighted by Crippen LogP contribution is 2.50. The van der Waals surface area contributed by atoms with Crippen LogP contribution in [-0.4, -0.2) is 67.8 Å². The third kappa shape index (κ3) is 4.47. The summed E-state index contributed by atoms with van der Waals surface area (Å²) in [4.78, 5) is 32.2. The number of aromatic nitrogens is 5. The Bertz CT molecular complexity index is 1330. The van der Waals surface area contributed by atoms with Crippen LogP contribution in [0.15, 0.2) is 24.5 Å². The minimum Gasteiger partial charge on any atom is -0.481 e. The molecule has 0 radical (unpaired) electrons. The van der Waals surface area contributed by atoms with E-state index in [2.05, 4.69) is 30.7 Å². The first kappa shape index (κ1) is 23.6. The Morgan fingerprint density at radius 2 is 2.11 bits per heavy atom. The van der Waals surface area contributed by atoms with Gasteiger partial charge >= 0.3 is 0 Å². The summed E-state index contributed by atoms with van der Waals surface area (Å²) in [5, 5.41) is 17.3. The summed E-state index contributed by atoms with van der Waals surface area (Å²) < 4.78 is 19.4. The highest BCUT2D eigenvalue weighted by molar-refractivity contribution is 5.94. The Labute approximate surface area is 213 Å². The van der Waals surface area contributed by atoms with Crippen LogP contribution in [0.5, 0.6) is 5.88 Å². The highest BCUT2D eigenvalue weighted by atomic mass is 19.1. The summed E-state index contributed by atoms with van der Waals surface area (Å²) in [6.07, 6.45) is 8.95. The molecule has 37 heavy (non-hydrogen) atoms. The largest absolute Gasteiger partial charge is 0.481 e. The van der Waals surface area contributed by atoms with Crippen LogP contribution in [0.1, 0.15) is 53.8 Å². The summed E-state index contributed by atoms with van der Waals surface area (Å²) in [7, 11) is 1.45. The number of methoxy groups -OCH3 is 1. The van der Waals surface area contributed by atoms with Crippen molar-refractivity contribution in [3.05, 3.63) is 47.3 Å². The summed E-state index contributed by atoms with van der Waals surface area (Å²) in [6, 6.07) is 3.01. The molecule has 0 aromatic carbocycles. The van der Waals surface area contributed by atoms with E-state index in [1.165, 1.54) is 24.4 Å². The molecule has 3 aliphatic rings. The quantitative estimate of drug-likeness (QED) is 0.471. The number of hydrogen-bond acceptors (Lipinski definition) is 6. The number of likely N-dealkylation sites (tertiary alicyclic amines) is 1. The molecule has 6 rings (SSSR count). The van der Waals surface area contributed by atoms with Gasteiger partial charge in [-0.2, -0.15) is 10.2 Å². The van der Waals surface area contributed by atoms with E-state index in [-0.39, 0.29) is 34.7 Å². The predicted molar refractivity (Wildman–Crippen MR) is 131 cm³/mol. The second-order valence-electron chi connectivity index (χ2n) is 10.5. The van der Waals surface area contributed by atoms with Gasteiger partial charge in [0.2, 0.25) is 11.8 Å². The van der Waals surface area contributed by atoms with Gasteiger partial charge in [-0.15, -0.1) is 0 Å². The zero-order valence-corrected chi connectivity index (χ0v) is 20.7. The van der Waals surface area contributed by atoms with Crippen molar-refractivity contribution >= 4 is 11.8 Å². The van der Waals surface area contributed by atoms with E-state index in [1.54, 1.807) is 6.07 Å². The van der Waals surface area contributed by atoms with E-state index < -0.39 is 5.82 Å². The average molecular weight is 508 g/mol. The number of ether oxygens (including phenoxy) is 1. The molecule has 3 aromatic heterocycles. The summed E-state index contributed by atoms with van der Waals surface area (Å²) in [6.45, 7) is 1.17. The lowest BCUT2D eigenvalue weighted by atomic mass is 9.86. The number of pyridine rings is 1. The molecule has 10 nitrogen and oxygen atoms in total. The first-order valence-electron chi connectivity index (χ1n) is 12.8. The summed E-state index contributed by atoms with van der Waals surface area (Å²) in [5.74, 6) is -0.0489. The molecule has 2 amide bonds. The van der Waals surface area contributed by atoms with E-state index in [1.807, 2.05) is 11.1 Å². The SMILES string of the molecule is COc1cc(-c2cc(C(=O)N3CCC(C(=O)NCC4CCc5[nH]ncc5C4)CC34CC4)[nH]n2)c(F)cn1. The molecule has 11 heteroatoms. The molecule has 2 unspecified atom stereocenters. The van der Waals surface area contributed by atoms with Crippen LogP contribution < -0.4 is 10.1 Å². The van der Waals surface area contributed by atoms with Gasteiger partial charge in [-0.1, -0.05) is 0 Å². The van der Waals surface area contributed by atoms with Gasteiger partial charge in [-0.05, 0) is 62.5 Å². The van der Waals surface area contributed by atoms with Gasteiger partial charge in [0.1, 0.15) is 5.69 Å². The third-order valence-electron chi connectivity index (χ3n) is 8.15. The van der Waals surface area contributed by atoms with Crippen LogP contribution in [0, 0.1) is 17.7 Å². The number of nitrogens with zero attached hydrogens (tertiary/aromatic N) is 4. The van der Waals surface area contributed by atoms with E-state index in [0.717, 1.165) is 38.3 Å². The van der Waals surface area contributed by atoms with E-state index in [9.17, 15) is 14.0 Å². The lowest BCUT2D eigenvalue weighted by molar-refractivity contribution is -0.127. The number of amides is 2. The maximum absolute atomic E-state index is 14.3. The van der Waals surface area contributed by atoms with Gasteiger partial charge < -0.3 is 15.0 Å². The number of H-pyrrole nitrogens is 2. The topological polar surface area (TPSA) is 129 Å². The number of nitrogens with one attached hydrogen (secondary N) is 3. The Morgan fingerprint density at radius 3 is 2.92 bits per heavy atom. The standard InChI is InChI=1S/C26H30FN7O3/c1-37-23-9-18(19(27)14-28-23)21-10-22(33-32-21)25(36)34-7-4-16(11-26(34)5-6-26)24(35)29-12-15-2-3-20-17(8-15)13-30-31-20/h9-10,13-16H,2-8,11-12H2,1H3,(H,29,35)(H,30,31)(H,32,33). The van der Waals surface area contributed by atoms with Crippen molar-refractivity contribution in [2.24, 2.45) is 11.8 Å². The van der Waals surface area contributed by atoms with Crippen LogP contribution in [0.4, 0.5) is 4.39 Å². The van der Waals surface area contributed by atoms with Crippen molar-refractivity contribution < 1.29 is 18.7 Å². The van der Waals surface area contributed by atoms with Crippen molar-refractivity contribution in [3.8, 4) is 17.1 Å². The molecule has 3 N–H and O–H groups in total. The molecule has 2 aliphatic carbocycles. The van der Waals surface area contributed by atoms with Gasteiger partial charge in [0.15, 0.2) is 5.82 Å². The molecule has 0 bridgehead atoms. The Morgan fingerprint density at radius 1 is 1.24 bits per heavy atom. The van der Waals surface area contributed by atoms with Crippen LogP contribution in [0.25, 0.3) is 11.3 Å². The van der Waals surface area contributed by atoms with Crippen molar-refractivity contribution in [2.75, 3.05) is 20.2 Å². The molecule has 3 aromatic rings. The number of aryl methyl sites for hydroxylation is 1. The molecular formula is C26H30FN7O3. The number of rotatable bonds is 6. The fraction of sp³-hybridized carbons (Fsp3) is 0.500. The monoisotopic (exact) mass is 507 g/mol. The molecule has 1 saturated heterocycles. The van der Waals surface area contributed by atoms with Gasteiger partial charge in [-0.25, -0.2) is 9.37 Å². The number of fused-ring (bicyclic) bond motifs is 1. The van der Waals surface area contributed by atoms with Crippen LogP contribution in [0.3, 0.4) is 0 Å². The number of carbonyl (C=O) groups excluding carboxylic acids is 2. The number of halogens is 1. The smallest absolute Gasteiger partial charge is 0.272 e. The number of hydrogen-bond donors (Lipinski definition) is 3. The van der Waals surface area contributed by atoms with Crippen LogP contribution in [0.2, 0.25) is 0 Å². The molecule has 2 fully saturated rings. The maximum atomic E-state index is 14.3. The fourth-order valence-electron chi connectivity index (χ4n) is 5.85. The number of piperidine rings is 1. The first-order valence-corrected chi connectivity index (χ1v) is 12.8.